The van der Waals surface area contributed by atoms with Crippen molar-refractivity contribution in [3.05, 3.63) is 12.2 Å². The van der Waals surface area contributed by atoms with Gasteiger partial charge in [0.05, 0.1) is 0 Å². The van der Waals surface area contributed by atoms with Crippen molar-refractivity contribution in [2.45, 2.75) is 52.0 Å². The first-order chi connectivity index (χ1) is 7.24. The van der Waals surface area contributed by atoms with Crippen LogP contribution in [0.5, 0.6) is 0 Å². The third-order valence-corrected chi connectivity index (χ3v) is 4.64. The summed E-state index contributed by atoms with van der Waals surface area (Å²) in [6, 6.07) is 0.454. The largest absolute Gasteiger partial charge is 0.327 e. The Morgan fingerprint density at radius 2 is 1.93 bits per heavy atom. The molecule has 1 heteroatoms. The highest BCUT2D eigenvalue weighted by Crippen LogP contribution is 2.45. The van der Waals surface area contributed by atoms with Crippen molar-refractivity contribution in [1.82, 2.24) is 0 Å². The van der Waals surface area contributed by atoms with E-state index >= 15 is 0 Å². The van der Waals surface area contributed by atoms with Crippen molar-refractivity contribution >= 4 is 0 Å². The summed E-state index contributed by atoms with van der Waals surface area (Å²) < 4.78 is 0. The third-order valence-electron chi connectivity index (χ3n) is 4.64. The van der Waals surface area contributed by atoms with Crippen LogP contribution in [0.4, 0.5) is 0 Å². The van der Waals surface area contributed by atoms with Gasteiger partial charge in [-0.1, -0.05) is 38.8 Å². The molecule has 1 saturated carbocycles. The predicted molar refractivity (Wildman–Crippen MR) is 65.5 cm³/mol. The van der Waals surface area contributed by atoms with E-state index in [1.54, 1.807) is 0 Å². The monoisotopic (exact) mass is 207 g/mol. The van der Waals surface area contributed by atoms with Crippen molar-refractivity contribution in [3.63, 3.8) is 0 Å². The lowest BCUT2D eigenvalue weighted by Crippen LogP contribution is -2.34. The summed E-state index contributed by atoms with van der Waals surface area (Å²) in [7, 11) is 0. The van der Waals surface area contributed by atoms with Gasteiger partial charge >= 0.3 is 0 Å². The predicted octanol–water partition coefficient (Wildman–Crippen LogP) is 3.35. The van der Waals surface area contributed by atoms with Crippen molar-refractivity contribution in [3.8, 4) is 0 Å². The van der Waals surface area contributed by atoms with Gasteiger partial charge in [0.1, 0.15) is 0 Å². The standard InChI is InChI=1S/C14H25N/c1-3-10(4-2)9-14(15)13-8-11-5-6-12(13)7-11/h5-6,10-14H,3-4,7-9,15H2,1-2H3/t11-,12+,13-,14+/m1/s1. The third kappa shape index (κ3) is 2.28. The molecular weight excluding hydrogens is 182 g/mol. The normalized spacial score (nSPS) is 35.3. The zero-order valence-corrected chi connectivity index (χ0v) is 10.2. The minimum absolute atomic E-state index is 0.454. The SMILES string of the molecule is CCC(CC)C[C@H](N)[C@@H]1C[C@@H]2C=C[C@H]1C2. The summed E-state index contributed by atoms with van der Waals surface area (Å²) in [6.45, 7) is 4.59. The number of allylic oxidation sites excluding steroid dienone is 2. The van der Waals surface area contributed by atoms with Crippen molar-refractivity contribution < 1.29 is 0 Å². The summed E-state index contributed by atoms with van der Waals surface area (Å²) >= 11 is 0. The smallest absolute Gasteiger partial charge is 0.00756 e. The zero-order valence-electron chi connectivity index (χ0n) is 10.2. The molecule has 0 amide bonds. The van der Waals surface area contributed by atoms with E-state index in [4.69, 9.17) is 5.73 Å². The lowest BCUT2D eigenvalue weighted by atomic mass is 9.81. The average Bonchev–Trinajstić information content (AvgIpc) is 2.87. The van der Waals surface area contributed by atoms with Crippen LogP contribution >= 0.6 is 0 Å². The topological polar surface area (TPSA) is 26.0 Å². The van der Waals surface area contributed by atoms with Crippen molar-refractivity contribution in [2.24, 2.45) is 29.4 Å². The fourth-order valence-electron chi connectivity index (χ4n) is 3.50. The molecule has 0 saturated heterocycles. The maximum absolute atomic E-state index is 6.38. The van der Waals surface area contributed by atoms with E-state index in [1.165, 1.54) is 32.1 Å². The Labute approximate surface area is 94.1 Å². The number of nitrogens with two attached hydrogens (primary N) is 1. The lowest BCUT2D eigenvalue weighted by molar-refractivity contribution is 0.297. The highest BCUT2D eigenvalue weighted by Gasteiger charge is 2.38. The molecule has 2 rings (SSSR count). The minimum atomic E-state index is 0.454. The van der Waals surface area contributed by atoms with Gasteiger partial charge in [-0.3, -0.25) is 0 Å². The average molecular weight is 207 g/mol. The second kappa shape index (κ2) is 4.69. The number of hydrogen-bond acceptors (Lipinski definition) is 1. The van der Waals surface area contributed by atoms with Gasteiger partial charge in [0.25, 0.3) is 0 Å². The Morgan fingerprint density at radius 1 is 1.20 bits per heavy atom. The van der Waals surface area contributed by atoms with E-state index < -0.39 is 0 Å². The first-order valence-corrected chi connectivity index (χ1v) is 6.68. The molecule has 1 nitrogen and oxygen atoms in total. The first-order valence-electron chi connectivity index (χ1n) is 6.68. The highest BCUT2D eigenvalue weighted by molar-refractivity contribution is 5.11. The van der Waals surface area contributed by atoms with Crippen LogP contribution in [-0.4, -0.2) is 6.04 Å². The van der Waals surface area contributed by atoms with Gasteiger partial charge in [-0.05, 0) is 42.9 Å². The second-order valence-electron chi connectivity index (χ2n) is 5.53. The fraction of sp³-hybridized carbons (Fsp3) is 0.857. The summed E-state index contributed by atoms with van der Waals surface area (Å²) in [4.78, 5) is 0. The summed E-state index contributed by atoms with van der Waals surface area (Å²) in [5, 5.41) is 0. The van der Waals surface area contributed by atoms with Crippen LogP contribution in [-0.2, 0) is 0 Å². The van der Waals surface area contributed by atoms with E-state index in [9.17, 15) is 0 Å². The molecule has 0 aromatic rings. The van der Waals surface area contributed by atoms with Gasteiger partial charge in [0.15, 0.2) is 0 Å². The summed E-state index contributed by atoms with van der Waals surface area (Å²) in [6.07, 6.45) is 11.4. The molecule has 2 aliphatic carbocycles. The van der Waals surface area contributed by atoms with Crippen LogP contribution in [0, 0.1) is 23.7 Å². The van der Waals surface area contributed by atoms with Crippen LogP contribution in [0.25, 0.3) is 0 Å². The van der Waals surface area contributed by atoms with Gasteiger partial charge < -0.3 is 5.73 Å². The molecule has 0 aliphatic heterocycles. The second-order valence-corrected chi connectivity index (χ2v) is 5.53. The molecule has 0 spiro atoms. The van der Waals surface area contributed by atoms with Gasteiger partial charge in [0.2, 0.25) is 0 Å². The molecule has 2 bridgehead atoms. The van der Waals surface area contributed by atoms with E-state index in [2.05, 4.69) is 26.0 Å². The van der Waals surface area contributed by atoms with E-state index in [-0.39, 0.29) is 0 Å². The molecule has 15 heavy (non-hydrogen) atoms. The molecule has 0 aromatic carbocycles. The number of fused-ring (bicyclic) bond motifs is 2. The number of hydrogen-bond donors (Lipinski definition) is 1. The maximum Gasteiger partial charge on any atom is 0.00756 e. The van der Waals surface area contributed by atoms with E-state index in [0.717, 1.165) is 23.7 Å². The quantitative estimate of drug-likeness (QED) is 0.687. The molecule has 0 aromatic heterocycles. The number of rotatable bonds is 5. The van der Waals surface area contributed by atoms with Crippen LogP contribution in [0.1, 0.15) is 46.0 Å². The Hall–Kier alpha value is -0.300. The molecule has 2 N–H and O–H groups in total. The molecule has 1 fully saturated rings. The van der Waals surface area contributed by atoms with Gasteiger partial charge in [-0.15, -0.1) is 0 Å². The van der Waals surface area contributed by atoms with Crippen molar-refractivity contribution in [2.75, 3.05) is 0 Å². The minimum Gasteiger partial charge on any atom is -0.327 e. The molecule has 4 atom stereocenters. The van der Waals surface area contributed by atoms with Crippen LogP contribution in [0.15, 0.2) is 12.2 Å². The van der Waals surface area contributed by atoms with Gasteiger partial charge in [-0.2, -0.15) is 0 Å². The molecule has 0 radical (unpaired) electrons. The van der Waals surface area contributed by atoms with Gasteiger partial charge in [0, 0.05) is 6.04 Å². The van der Waals surface area contributed by atoms with Crippen LogP contribution < -0.4 is 5.73 Å². The Balaban J connectivity index is 1.86. The van der Waals surface area contributed by atoms with Crippen LogP contribution in [0.2, 0.25) is 0 Å². The summed E-state index contributed by atoms with van der Waals surface area (Å²) in [5.74, 6) is 3.33. The molecular formula is C14H25N. The Morgan fingerprint density at radius 3 is 2.40 bits per heavy atom. The van der Waals surface area contributed by atoms with Crippen molar-refractivity contribution in [1.29, 1.82) is 0 Å². The van der Waals surface area contributed by atoms with E-state index in [1.807, 2.05) is 0 Å². The molecule has 86 valence electrons. The Kier molecular flexibility index (Phi) is 3.50. The zero-order chi connectivity index (χ0) is 10.8. The molecule has 0 heterocycles. The first kappa shape index (κ1) is 11.2. The maximum atomic E-state index is 6.38. The van der Waals surface area contributed by atoms with Crippen LogP contribution in [0.3, 0.4) is 0 Å². The summed E-state index contributed by atoms with van der Waals surface area (Å²) in [5.41, 5.74) is 6.38. The molecule has 0 unspecified atom stereocenters. The van der Waals surface area contributed by atoms with E-state index in [0.29, 0.717) is 6.04 Å². The fourth-order valence-corrected chi connectivity index (χ4v) is 3.50. The lowest BCUT2D eigenvalue weighted by Gasteiger charge is -2.28. The Bertz CT molecular complexity index is 229. The molecule has 2 aliphatic rings. The van der Waals surface area contributed by atoms with Gasteiger partial charge in [-0.25, -0.2) is 0 Å². The highest BCUT2D eigenvalue weighted by atomic mass is 14.7.